The van der Waals surface area contributed by atoms with Gasteiger partial charge < -0.3 is 15.6 Å². The maximum atomic E-state index is 13.5. The Balaban J connectivity index is 1.41. The van der Waals surface area contributed by atoms with Gasteiger partial charge in [-0.25, -0.2) is 4.39 Å². The van der Waals surface area contributed by atoms with Crippen molar-refractivity contribution in [1.29, 1.82) is 0 Å². The van der Waals surface area contributed by atoms with E-state index in [1.54, 1.807) is 18.2 Å². The molecule has 0 aliphatic heterocycles. The molecule has 5 rings (SSSR count). The Morgan fingerprint density at radius 2 is 1.62 bits per heavy atom. The smallest absolute Gasteiger partial charge is 0.418 e. The van der Waals surface area contributed by atoms with Gasteiger partial charge >= 0.3 is 12.1 Å². The van der Waals surface area contributed by atoms with E-state index in [1.165, 1.54) is 18.6 Å². The number of fused-ring (bicyclic) bond motifs is 1. The van der Waals surface area contributed by atoms with Crippen LogP contribution in [-0.4, -0.2) is 17.0 Å². The third-order valence-electron chi connectivity index (χ3n) is 7.99. The number of aromatic nitrogens is 1. The molecule has 2 N–H and O–H groups in total. The summed E-state index contributed by atoms with van der Waals surface area (Å²) >= 11 is 0. The second-order valence-corrected chi connectivity index (χ2v) is 10.8. The molecule has 1 fully saturated rings. The van der Waals surface area contributed by atoms with Gasteiger partial charge in [0.05, 0.1) is 22.2 Å². The average molecular weight is 581 g/mol. The molecule has 42 heavy (non-hydrogen) atoms. The van der Waals surface area contributed by atoms with E-state index >= 15 is 0 Å². The Hall–Kier alpha value is -4.47. The molecule has 0 saturated heterocycles. The molecular weight excluding hydrogens is 552 g/mol. The number of anilines is 1. The summed E-state index contributed by atoms with van der Waals surface area (Å²) in [4.78, 5) is 24.2. The fourth-order valence-corrected chi connectivity index (χ4v) is 5.77. The predicted octanol–water partition coefficient (Wildman–Crippen LogP) is 7.61. The minimum atomic E-state index is -4.89. The molecule has 0 radical (unpaired) electrons. The molecule has 0 atom stereocenters. The topological polar surface area (TPSA) is 93.3 Å². The molecule has 1 saturated carbocycles. The van der Waals surface area contributed by atoms with Crippen molar-refractivity contribution in [3.8, 4) is 11.1 Å². The number of hydrogen-bond donors (Lipinski definition) is 2. The number of pyridine rings is 1. The van der Waals surface area contributed by atoms with E-state index in [-0.39, 0.29) is 34.5 Å². The van der Waals surface area contributed by atoms with Crippen molar-refractivity contribution in [2.24, 2.45) is 5.92 Å². The lowest BCUT2D eigenvalue weighted by Crippen LogP contribution is -2.32. The number of carboxylic acid groups (broad SMARTS) is 1. The molecule has 0 spiro atoms. The van der Waals surface area contributed by atoms with Crippen molar-refractivity contribution >= 4 is 28.5 Å². The lowest BCUT2D eigenvalue weighted by Gasteiger charge is -2.28. The SMILES string of the molecule is Cc1cc(C(=O)Nc2ccc(F)cc2C(F)(F)F)c2ccc(-c3ccc([C@H]4CC[C@H](CC(=O)O)CC4)cc3)cc2[n+]1[O-]. The molecule has 1 aromatic heterocycles. The lowest BCUT2D eigenvalue weighted by molar-refractivity contribution is -0.584. The number of hydrogen-bond acceptors (Lipinski definition) is 3. The number of alkyl halides is 3. The van der Waals surface area contributed by atoms with Crippen LogP contribution in [0.3, 0.4) is 0 Å². The van der Waals surface area contributed by atoms with E-state index in [0.717, 1.165) is 48.9 Å². The molecule has 0 unspecified atom stereocenters. The predicted molar refractivity (Wildman–Crippen MR) is 149 cm³/mol. The van der Waals surface area contributed by atoms with Gasteiger partial charge in [-0.15, -0.1) is 0 Å². The Kier molecular flexibility index (Phi) is 7.90. The van der Waals surface area contributed by atoms with Crippen LogP contribution in [0.15, 0.2) is 66.7 Å². The Bertz CT molecular complexity index is 1660. The molecule has 1 aliphatic rings. The summed E-state index contributed by atoms with van der Waals surface area (Å²) < 4.78 is 54.6. The first kappa shape index (κ1) is 29.0. The normalized spacial score (nSPS) is 17.3. The van der Waals surface area contributed by atoms with Gasteiger partial charge in [-0.1, -0.05) is 30.3 Å². The van der Waals surface area contributed by atoms with E-state index < -0.39 is 35.1 Å². The van der Waals surface area contributed by atoms with Crippen LogP contribution in [0.25, 0.3) is 22.0 Å². The number of nitrogens with one attached hydrogen (secondary N) is 1. The highest BCUT2D eigenvalue weighted by atomic mass is 19.4. The standard InChI is InChI=1S/C32H28F4N2O4/c1-18-14-26(31(41)37-28-13-11-24(33)17-27(28)32(34,35)36)25-12-10-23(16-29(25)38(18)42)22-8-6-21(7-9-22)20-4-2-19(3-5-20)15-30(39)40/h6-14,16-17,19-20H,2-5,15H2,1H3,(H,37,41)(H,39,40)/t19-,20-. The van der Waals surface area contributed by atoms with Gasteiger partial charge in [0.2, 0.25) is 5.52 Å². The van der Waals surface area contributed by atoms with Gasteiger partial charge in [0.25, 0.3) is 5.91 Å². The van der Waals surface area contributed by atoms with Crippen LogP contribution in [0.5, 0.6) is 0 Å². The zero-order valence-corrected chi connectivity index (χ0v) is 22.7. The third-order valence-corrected chi connectivity index (χ3v) is 7.99. The monoisotopic (exact) mass is 580 g/mol. The molecule has 1 heterocycles. The van der Waals surface area contributed by atoms with E-state index in [2.05, 4.69) is 5.32 Å². The number of aryl methyl sites for hydroxylation is 1. The maximum absolute atomic E-state index is 13.5. The molecule has 1 amide bonds. The van der Waals surface area contributed by atoms with Crippen LogP contribution in [-0.2, 0) is 11.0 Å². The number of carbonyl (C=O) groups excluding carboxylic acids is 1. The number of halogens is 4. The molecule has 3 aromatic carbocycles. The molecule has 0 bridgehead atoms. The number of amides is 1. The van der Waals surface area contributed by atoms with Gasteiger partial charge in [-0.2, -0.15) is 17.9 Å². The van der Waals surface area contributed by atoms with Gasteiger partial charge in [0, 0.05) is 25.5 Å². The quantitative estimate of drug-likeness (QED) is 0.140. The number of aliphatic carboxylic acids is 1. The van der Waals surface area contributed by atoms with Crippen molar-refractivity contribution in [2.75, 3.05) is 5.32 Å². The zero-order valence-electron chi connectivity index (χ0n) is 22.7. The van der Waals surface area contributed by atoms with Crippen molar-refractivity contribution in [1.82, 2.24) is 0 Å². The Labute approximate surface area is 239 Å². The van der Waals surface area contributed by atoms with Crippen LogP contribution < -0.4 is 10.0 Å². The van der Waals surface area contributed by atoms with E-state index in [9.17, 15) is 32.4 Å². The largest absolute Gasteiger partial charge is 0.618 e. The second-order valence-electron chi connectivity index (χ2n) is 10.8. The average Bonchev–Trinajstić information content (AvgIpc) is 2.95. The highest BCUT2D eigenvalue weighted by Gasteiger charge is 2.35. The molecule has 4 aromatic rings. The van der Waals surface area contributed by atoms with Crippen LogP contribution in [0.1, 0.15) is 65.2 Å². The summed E-state index contributed by atoms with van der Waals surface area (Å²) in [6, 6.07) is 16.2. The van der Waals surface area contributed by atoms with E-state index in [1.807, 2.05) is 24.3 Å². The zero-order chi connectivity index (χ0) is 30.2. The van der Waals surface area contributed by atoms with Crippen molar-refractivity contribution in [2.45, 2.75) is 51.1 Å². The Morgan fingerprint density at radius 1 is 0.952 bits per heavy atom. The van der Waals surface area contributed by atoms with Gasteiger partial charge in [-0.05, 0) is 78.5 Å². The first-order valence-corrected chi connectivity index (χ1v) is 13.6. The summed E-state index contributed by atoms with van der Waals surface area (Å²) in [5, 5.41) is 24.5. The maximum Gasteiger partial charge on any atom is 0.418 e. The molecule has 218 valence electrons. The lowest BCUT2D eigenvalue weighted by atomic mass is 9.77. The van der Waals surface area contributed by atoms with Gasteiger partial charge in [-0.3, -0.25) is 9.59 Å². The molecule has 10 heteroatoms. The highest BCUT2D eigenvalue weighted by Crippen LogP contribution is 2.38. The number of benzene rings is 3. The highest BCUT2D eigenvalue weighted by molar-refractivity contribution is 6.12. The summed E-state index contributed by atoms with van der Waals surface area (Å²) in [7, 11) is 0. The van der Waals surface area contributed by atoms with Crippen molar-refractivity contribution in [3.63, 3.8) is 0 Å². The third kappa shape index (κ3) is 6.07. The van der Waals surface area contributed by atoms with Gasteiger partial charge in [0.1, 0.15) is 5.82 Å². The fraction of sp³-hybridized carbons (Fsp3) is 0.281. The number of nitrogens with zero attached hydrogens (tertiary/aromatic N) is 1. The van der Waals surface area contributed by atoms with Crippen LogP contribution in [0, 0.1) is 23.9 Å². The summed E-state index contributed by atoms with van der Waals surface area (Å²) in [5.74, 6) is -2.14. The van der Waals surface area contributed by atoms with Gasteiger partial charge in [0.15, 0.2) is 5.69 Å². The summed E-state index contributed by atoms with van der Waals surface area (Å²) in [5.41, 5.74) is 1.18. The molecule has 1 aliphatic carbocycles. The second kappa shape index (κ2) is 11.4. The first-order chi connectivity index (χ1) is 19.9. The van der Waals surface area contributed by atoms with Crippen LogP contribution in [0.4, 0.5) is 23.2 Å². The number of carbonyl (C=O) groups is 2. The summed E-state index contributed by atoms with van der Waals surface area (Å²) in [6.07, 6.45) is -1.08. The number of rotatable bonds is 6. The fourth-order valence-electron chi connectivity index (χ4n) is 5.77. The van der Waals surface area contributed by atoms with Crippen LogP contribution >= 0.6 is 0 Å². The van der Waals surface area contributed by atoms with E-state index in [0.29, 0.717) is 16.7 Å². The Morgan fingerprint density at radius 3 is 2.26 bits per heavy atom. The minimum Gasteiger partial charge on any atom is -0.618 e. The number of carboxylic acids is 1. The van der Waals surface area contributed by atoms with Crippen molar-refractivity contribution in [3.05, 3.63) is 100 Å². The summed E-state index contributed by atoms with van der Waals surface area (Å²) in [6.45, 7) is 1.49. The first-order valence-electron chi connectivity index (χ1n) is 13.6. The molecule has 6 nitrogen and oxygen atoms in total. The molecular formula is C32H28F4N2O4. The van der Waals surface area contributed by atoms with E-state index in [4.69, 9.17) is 5.11 Å². The minimum absolute atomic E-state index is 0.00690. The van der Waals surface area contributed by atoms with Crippen molar-refractivity contribution < 1.29 is 37.0 Å². The van der Waals surface area contributed by atoms with Crippen LogP contribution in [0.2, 0.25) is 0 Å².